The summed E-state index contributed by atoms with van der Waals surface area (Å²) in [6.45, 7) is 2.24. The fraction of sp³-hybridized carbons (Fsp3) is 0.222. The number of anilines is 1. The molecule has 2 aromatic carbocycles. The molecule has 1 amide bonds. The second-order valence-electron chi connectivity index (χ2n) is 5.97. The number of nitrogens with zero attached hydrogens (tertiary/aromatic N) is 1. The van der Waals surface area contributed by atoms with Gasteiger partial charge in [-0.05, 0) is 37.3 Å². The molecule has 1 aliphatic heterocycles. The first-order valence-corrected chi connectivity index (χ1v) is 9.42. The lowest BCUT2D eigenvalue weighted by Crippen LogP contribution is -2.27. The van der Waals surface area contributed by atoms with E-state index in [9.17, 15) is 18.0 Å². The number of benzene rings is 2. The van der Waals surface area contributed by atoms with Crippen LogP contribution in [-0.4, -0.2) is 45.2 Å². The van der Waals surface area contributed by atoms with Crippen LogP contribution in [0.4, 0.5) is 5.69 Å². The Balaban J connectivity index is 1.89. The van der Waals surface area contributed by atoms with E-state index in [0.29, 0.717) is 30.0 Å². The number of ether oxygens (including phenoxy) is 1. The number of Topliss-reactive ketones (excluding diaryl/α,β-unsaturated/α-hetero) is 1. The highest BCUT2D eigenvalue weighted by atomic mass is 32.2. The van der Waals surface area contributed by atoms with Crippen molar-refractivity contribution in [2.75, 3.05) is 24.9 Å². The van der Waals surface area contributed by atoms with Crippen LogP contribution in [0.3, 0.4) is 0 Å². The first-order valence-electron chi connectivity index (χ1n) is 7.94. The molecule has 0 aliphatic carbocycles. The number of sulfonamides is 1. The Morgan fingerprint density at radius 1 is 1.15 bits per heavy atom. The Hall–Kier alpha value is -2.87. The van der Waals surface area contributed by atoms with Crippen LogP contribution in [0, 0.1) is 0 Å². The van der Waals surface area contributed by atoms with E-state index in [1.807, 2.05) is 0 Å². The zero-order valence-electron chi connectivity index (χ0n) is 14.4. The summed E-state index contributed by atoms with van der Waals surface area (Å²) < 4.78 is 33.1. The Labute approximate surface area is 151 Å². The smallest absolute Gasteiger partial charge is 0.261 e. The molecule has 0 aromatic heterocycles. The minimum Gasteiger partial charge on any atom is -0.491 e. The maximum absolute atomic E-state index is 12.5. The summed E-state index contributed by atoms with van der Waals surface area (Å²) in [6.07, 6.45) is 0. The molecule has 1 N–H and O–H groups in total. The van der Waals surface area contributed by atoms with Gasteiger partial charge in [-0.25, -0.2) is 8.42 Å². The predicted octanol–water partition coefficient (Wildman–Crippen LogP) is 2.15. The van der Waals surface area contributed by atoms with Gasteiger partial charge >= 0.3 is 0 Å². The highest BCUT2D eigenvalue weighted by molar-refractivity contribution is 7.92. The minimum atomic E-state index is -3.85. The minimum absolute atomic E-state index is 0.0251. The van der Waals surface area contributed by atoms with Crippen molar-refractivity contribution in [3.8, 4) is 5.75 Å². The first-order chi connectivity index (χ1) is 12.3. The highest BCUT2D eigenvalue weighted by Crippen LogP contribution is 2.27. The quantitative estimate of drug-likeness (QED) is 0.828. The average Bonchev–Trinajstić information content (AvgIpc) is 2.74. The molecular weight excluding hydrogens is 356 g/mol. The molecule has 0 spiro atoms. The van der Waals surface area contributed by atoms with Crippen LogP contribution in [-0.2, 0) is 10.0 Å². The molecule has 7 nitrogen and oxygen atoms in total. The molecule has 0 fully saturated rings. The van der Waals surface area contributed by atoms with E-state index in [4.69, 9.17) is 4.74 Å². The second kappa shape index (κ2) is 6.80. The third-order valence-electron chi connectivity index (χ3n) is 4.06. The molecule has 26 heavy (non-hydrogen) atoms. The SMILES string of the molecule is CC(=O)c1ccc(S(=O)(=O)Nc2ccc3c(c2)C(=O)N(C)CCO3)cc1. The molecule has 3 rings (SSSR count). The van der Waals surface area contributed by atoms with E-state index >= 15 is 0 Å². The van der Waals surface area contributed by atoms with Gasteiger partial charge in [-0.2, -0.15) is 0 Å². The highest BCUT2D eigenvalue weighted by Gasteiger charge is 2.22. The van der Waals surface area contributed by atoms with Gasteiger partial charge in [-0.1, -0.05) is 12.1 Å². The van der Waals surface area contributed by atoms with Crippen LogP contribution in [0.15, 0.2) is 47.4 Å². The second-order valence-corrected chi connectivity index (χ2v) is 7.65. The summed E-state index contributed by atoms with van der Waals surface area (Å²) in [7, 11) is -2.19. The van der Waals surface area contributed by atoms with Gasteiger partial charge in [0.15, 0.2) is 5.78 Å². The molecule has 1 heterocycles. The standard InChI is InChI=1S/C18H18N2O5S/c1-12(21)13-3-6-15(7-4-13)26(23,24)19-14-5-8-17-16(11-14)18(22)20(2)9-10-25-17/h3-8,11,19H,9-10H2,1-2H3. The molecule has 0 saturated carbocycles. The van der Waals surface area contributed by atoms with Crippen LogP contribution >= 0.6 is 0 Å². The third-order valence-corrected chi connectivity index (χ3v) is 5.46. The number of nitrogens with one attached hydrogen (secondary N) is 1. The normalized spacial score (nSPS) is 14.2. The van der Waals surface area contributed by atoms with Crippen LogP contribution in [0.1, 0.15) is 27.6 Å². The van der Waals surface area contributed by atoms with Crippen LogP contribution < -0.4 is 9.46 Å². The molecule has 0 bridgehead atoms. The topological polar surface area (TPSA) is 92.8 Å². The molecule has 8 heteroatoms. The molecule has 0 saturated heterocycles. The number of carbonyl (C=O) groups excluding carboxylic acids is 2. The zero-order valence-corrected chi connectivity index (χ0v) is 15.2. The number of amides is 1. The maximum Gasteiger partial charge on any atom is 0.261 e. The summed E-state index contributed by atoms with van der Waals surface area (Å²) >= 11 is 0. The van der Waals surface area contributed by atoms with Crippen molar-refractivity contribution in [2.45, 2.75) is 11.8 Å². The Morgan fingerprint density at radius 3 is 2.50 bits per heavy atom. The largest absolute Gasteiger partial charge is 0.491 e. The first kappa shape index (κ1) is 17.9. The zero-order chi connectivity index (χ0) is 18.9. The van der Waals surface area contributed by atoms with Crippen molar-refractivity contribution in [3.05, 3.63) is 53.6 Å². The van der Waals surface area contributed by atoms with E-state index in [2.05, 4.69) is 4.72 Å². The van der Waals surface area contributed by atoms with Gasteiger partial charge in [0.05, 0.1) is 17.0 Å². The van der Waals surface area contributed by atoms with Crippen LogP contribution in [0.25, 0.3) is 0 Å². The number of rotatable bonds is 4. The van der Waals surface area contributed by atoms with E-state index in [0.717, 1.165) is 0 Å². The summed E-state index contributed by atoms with van der Waals surface area (Å²) in [5, 5.41) is 0. The number of carbonyl (C=O) groups is 2. The molecular formula is C18H18N2O5S. The number of ketones is 1. The lowest BCUT2D eigenvalue weighted by molar-refractivity contribution is 0.0796. The van der Waals surface area contributed by atoms with Gasteiger partial charge in [0.25, 0.3) is 15.9 Å². The summed E-state index contributed by atoms with van der Waals surface area (Å²) in [6, 6.07) is 10.2. The Kier molecular flexibility index (Phi) is 4.69. The van der Waals surface area contributed by atoms with Crippen molar-refractivity contribution in [1.29, 1.82) is 0 Å². The van der Waals surface area contributed by atoms with Gasteiger partial charge in [0.1, 0.15) is 12.4 Å². The third kappa shape index (κ3) is 3.55. The van der Waals surface area contributed by atoms with Gasteiger partial charge in [0.2, 0.25) is 0 Å². The van der Waals surface area contributed by atoms with Gasteiger partial charge in [0, 0.05) is 18.3 Å². The lowest BCUT2D eigenvalue weighted by atomic mass is 10.1. The molecule has 2 aromatic rings. The fourth-order valence-corrected chi connectivity index (χ4v) is 3.62. The van der Waals surface area contributed by atoms with Crippen molar-refractivity contribution < 1.29 is 22.7 Å². The molecule has 0 unspecified atom stereocenters. The van der Waals surface area contributed by atoms with E-state index < -0.39 is 10.0 Å². The molecule has 0 radical (unpaired) electrons. The predicted molar refractivity (Wildman–Crippen MR) is 96.2 cm³/mol. The number of likely N-dealkylation sites (N-methyl/N-ethyl adjacent to an activating group) is 1. The maximum atomic E-state index is 12.5. The van der Waals surface area contributed by atoms with E-state index in [1.165, 1.54) is 42.2 Å². The van der Waals surface area contributed by atoms with Crippen LogP contribution in [0.2, 0.25) is 0 Å². The molecule has 1 aliphatic rings. The van der Waals surface area contributed by atoms with Crippen molar-refractivity contribution >= 4 is 27.4 Å². The van der Waals surface area contributed by atoms with Gasteiger partial charge in [-0.15, -0.1) is 0 Å². The van der Waals surface area contributed by atoms with Crippen LogP contribution in [0.5, 0.6) is 5.75 Å². The van der Waals surface area contributed by atoms with E-state index in [1.54, 1.807) is 19.2 Å². The van der Waals surface area contributed by atoms with Crippen molar-refractivity contribution in [3.63, 3.8) is 0 Å². The molecule has 0 atom stereocenters. The molecule has 136 valence electrons. The summed E-state index contributed by atoms with van der Waals surface area (Å²) in [4.78, 5) is 25.2. The number of hydrogen-bond acceptors (Lipinski definition) is 5. The van der Waals surface area contributed by atoms with Gasteiger partial charge < -0.3 is 9.64 Å². The monoisotopic (exact) mass is 374 g/mol. The summed E-state index contributed by atoms with van der Waals surface area (Å²) in [5.74, 6) is 0.0489. The van der Waals surface area contributed by atoms with Crippen molar-refractivity contribution in [1.82, 2.24) is 4.90 Å². The van der Waals surface area contributed by atoms with E-state index in [-0.39, 0.29) is 22.3 Å². The van der Waals surface area contributed by atoms with Gasteiger partial charge in [-0.3, -0.25) is 14.3 Å². The number of fused-ring (bicyclic) bond motifs is 1. The lowest BCUT2D eigenvalue weighted by Gasteiger charge is -2.14. The summed E-state index contributed by atoms with van der Waals surface area (Å²) in [5.41, 5.74) is 0.989. The Bertz CT molecular complexity index is 968. The fourth-order valence-electron chi connectivity index (χ4n) is 2.57. The average molecular weight is 374 g/mol. The number of hydrogen-bond donors (Lipinski definition) is 1. The van der Waals surface area contributed by atoms with Crippen molar-refractivity contribution in [2.24, 2.45) is 0 Å². The Morgan fingerprint density at radius 2 is 1.85 bits per heavy atom.